The van der Waals surface area contributed by atoms with Gasteiger partial charge in [-0.25, -0.2) is 4.98 Å². The zero-order valence-corrected chi connectivity index (χ0v) is 6.54. The van der Waals surface area contributed by atoms with Gasteiger partial charge >= 0.3 is 0 Å². The van der Waals surface area contributed by atoms with E-state index < -0.39 is 0 Å². The number of nitrogen functional groups attached to an aromatic ring is 1. The molecule has 0 aliphatic heterocycles. The van der Waals surface area contributed by atoms with Crippen molar-refractivity contribution in [2.24, 2.45) is 0 Å². The van der Waals surface area contributed by atoms with E-state index >= 15 is 0 Å². The van der Waals surface area contributed by atoms with Crippen LogP contribution in [-0.2, 0) is 0 Å². The van der Waals surface area contributed by atoms with Gasteiger partial charge in [-0.2, -0.15) is 0 Å². The standard InChI is InChI=1S/C8H11N3/c1-5-8(9)11-7(4-10-5)6-2-3-6/h4,6H,2-3H2,1H3,(H2,9,11). The molecule has 1 fully saturated rings. The molecule has 1 aliphatic rings. The minimum atomic E-state index is 0.578. The first kappa shape index (κ1) is 6.58. The van der Waals surface area contributed by atoms with Crippen LogP contribution in [0.4, 0.5) is 5.82 Å². The van der Waals surface area contributed by atoms with Crippen LogP contribution in [0.1, 0.15) is 30.1 Å². The first-order valence-corrected chi connectivity index (χ1v) is 3.86. The maximum atomic E-state index is 5.61. The molecule has 0 bridgehead atoms. The lowest BCUT2D eigenvalue weighted by Crippen LogP contribution is -1.99. The molecule has 0 atom stereocenters. The van der Waals surface area contributed by atoms with E-state index in [1.807, 2.05) is 13.1 Å². The Morgan fingerprint density at radius 2 is 2.27 bits per heavy atom. The molecule has 0 radical (unpaired) electrons. The molecule has 0 saturated heterocycles. The average Bonchev–Trinajstić information content (AvgIpc) is 2.77. The molecule has 1 aromatic heterocycles. The SMILES string of the molecule is Cc1ncc(C2CC2)nc1N. The largest absolute Gasteiger partial charge is 0.382 e. The Labute approximate surface area is 65.7 Å². The summed E-state index contributed by atoms with van der Waals surface area (Å²) in [7, 11) is 0. The van der Waals surface area contributed by atoms with Crippen LogP contribution in [0, 0.1) is 6.92 Å². The van der Waals surface area contributed by atoms with Gasteiger partial charge in [-0.3, -0.25) is 4.98 Å². The zero-order valence-electron chi connectivity index (χ0n) is 6.54. The smallest absolute Gasteiger partial charge is 0.145 e. The molecule has 0 amide bonds. The first-order chi connectivity index (χ1) is 5.27. The fraction of sp³-hybridized carbons (Fsp3) is 0.500. The normalized spacial score (nSPS) is 16.8. The van der Waals surface area contributed by atoms with Gasteiger partial charge in [-0.05, 0) is 19.8 Å². The van der Waals surface area contributed by atoms with Crippen molar-refractivity contribution in [3.05, 3.63) is 17.6 Å². The summed E-state index contributed by atoms with van der Waals surface area (Å²) >= 11 is 0. The van der Waals surface area contributed by atoms with E-state index in [4.69, 9.17) is 5.73 Å². The quantitative estimate of drug-likeness (QED) is 0.653. The van der Waals surface area contributed by atoms with Gasteiger partial charge < -0.3 is 5.73 Å². The monoisotopic (exact) mass is 149 g/mol. The van der Waals surface area contributed by atoms with Gasteiger partial charge in [-0.1, -0.05) is 0 Å². The molecule has 3 nitrogen and oxygen atoms in total. The number of hydrogen-bond donors (Lipinski definition) is 1. The van der Waals surface area contributed by atoms with E-state index in [1.54, 1.807) is 0 Å². The van der Waals surface area contributed by atoms with Crippen molar-refractivity contribution in [2.45, 2.75) is 25.7 Å². The van der Waals surface area contributed by atoms with Crippen LogP contribution >= 0.6 is 0 Å². The molecule has 0 aromatic carbocycles. The number of rotatable bonds is 1. The van der Waals surface area contributed by atoms with E-state index in [0.29, 0.717) is 11.7 Å². The summed E-state index contributed by atoms with van der Waals surface area (Å²) < 4.78 is 0. The lowest BCUT2D eigenvalue weighted by molar-refractivity contribution is 0.975. The summed E-state index contributed by atoms with van der Waals surface area (Å²) in [5, 5.41) is 0. The summed E-state index contributed by atoms with van der Waals surface area (Å²) in [5.41, 5.74) is 7.50. The Balaban J connectivity index is 2.36. The number of nitrogens with two attached hydrogens (primary N) is 1. The number of aryl methyl sites for hydroxylation is 1. The Morgan fingerprint density at radius 1 is 1.55 bits per heavy atom. The third-order valence-electron chi connectivity index (χ3n) is 2.01. The van der Waals surface area contributed by atoms with Crippen molar-refractivity contribution < 1.29 is 0 Å². The fourth-order valence-corrected chi connectivity index (χ4v) is 1.05. The van der Waals surface area contributed by atoms with E-state index in [1.165, 1.54) is 12.8 Å². The van der Waals surface area contributed by atoms with Crippen LogP contribution < -0.4 is 5.73 Å². The molecule has 3 heteroatoms. The number of anilines is 1. The van der Waals surface area contributed by atoms with Crippen LogP contribution in [0.3, 0.4) is 0 Å². The second kappa shape index (κ2) is 2.19. The third kappa shape index (κ3) is 1.18. The van der Waals surface area contributed by atoms with E-state index in [9.17, 15) is 0 Å². The predicted molar refractivity (Wildman–Crippen MR) is 43.2 cm³/mol. The Bertz CT molecular complexity index is 279. The second-order valence-electron chi connectivity index (χ2n) is 3.04. The van der Waals surface area contributed by atoms with E-state index in [2.05, 4.69) is 9.97 Å². The highest BCUT2D eigenvalue weighted by molar-refractivity contribution is 5.34. The van der Waals surface area contributed by atoms with Crippen molar-refractivity contribution in [3.8, 4) is 0 Å². The van der Waals surface area contributed by atoms with Crippen LogP contribution in [0.25, 0.3) is 0 Å². The minimum Gasteiger partial charge on any atom is -0.382 e. The maximum Gasteiger partial charge on any atom is 0.145 e. The molecule has 0 spiro atoms. The van der Waals surface area contributed by atoms with Gasteiger partial charge in [-0.15, -0.1) is 0 Å². The average molecular weight is 149 g/mol. The van der Waals surface area contributed by atoms with Gasteiger partial charge in [0.2, 0.25) is 0 Å². The molecule has 1 saturated carbocycles. The third-order valence-corrected chi connectivity index (χ3v) is 2.01. The molecule has 11 heavy (non-hydrogen) atoms. The summed E-state index contributed by atoms with van der Waals surface area (Å²) in [6.07, 6.45) is 4.33. The minimum absolute atomic E-state index is 0.578. The van der Waals surface area contributed by atoms with Crippen LogP contribution in [0.5, 0.6) is 0 Å². The summed E-state index contributed by atoms with van der Waals surface area (Å²) in [6, 6.07) is 0. The van der Waals surface area contributed by atoms with Gasteiger partial charge in [0.05, 0.1) is 11.4 Å². The Morgan fingerprint density at radius 3 is 2.82 bits per heavy atom. The highest BCUT2D eigenvalue weighted by atomic mass is 14.9. The maximum absolute atomic E-state index is 5.61. The van der Waals surface area contributed by atoms with Crippen molar-refractivity contribution in [2.75, 3.05) is 5.73 Å². The molecule has 1 aliphatic carbocycles. The zero-order chi connectivity index (χ0) is 7.84. The molecule has 1 heterocycles. The second-order valence-corrected chi connectivity index (χ2v) is 3.04. The fourth-order valence-electron chi connectivity index (χ4n) is 1.05. The van der Waals surface area contributed by atoms with E-state index in [-0.39, 0.29) is 0 Å². The van der Waals surface area contributed by atoms with Crippen LogP contribution in [-0.4, -0.2) is 9.97 Å². The van der Waals surface area contributed by atoms with Crippen molar-refractivity contribution in [3.63, 3.8) is 0 Å². The van der Waals surface area contributed by atoms with Gasteiger partial charge in [0, 0.05) is 12.1 Å². The lowest BCUT2D eigenvalue weighted by Gasteiger charge is -2.00. The Kier molecular flexibility index (Phi) is 1.31. The number of hydrogen-bond acceptors (Lipinski definition) is 3. The molecular formula is C8H11N3. The van der Waals surface area contributed by atoms with Crippen LogP contribution in [0.2, 0.25) is 0 Å². The van der Waals surface area contributed by atoms with Gasteiger partial charge in [0.15, 0.2) is 0 Å². The summed E-state index contributed by atoms with van der Waals surface area (Å²) in [6.45, 7) is 1.87. The summed E-state index contributed by atoms with van der Waals surface area (Å²) in [4.78, 5) is 8.40. The van der Waals surface area contributed by atoms with Crippen molar-refractivity contribution in [1.82, 2.24) is 9.97 Å². The summed E-state index contributed by atoms with van der Waals surface area (Å²) in [5.74, 6) is 1.22. The molecule has 58 valence electrons. The molecular weight excluding hydrogens is 138 g/mol. The predicted octanol–water partition coefficient (Wildman–Crippen LogP) is 1.24. The highest BCUT2D eigenvalue weighted by Gasteiger charge is 2.25. The highest BCUT2D eigenvalue weighted by Crippen LogP contribution is 2.38. The van der Waals surface area contributed by atoms with Gasteiger partial charge in [0.25, 0.3) is 0 Å². The molecule has 0 unspecified atom stereocenters. The van der Waals surface area contributed by atoms with Gasteiger partial charge in [0.1, 0.15) is 5.82 Å². The molecule has 1 aromatic rings. The van der Waals surface area contributed by atoms with Crippen molar-refractivity contribution >= 4 is 5.82 Å². The van der Waals surface area contributed by atoms with E-state index in [0.717, 1.165) is 11.4 Å². The first-order valence-electron chi connectivity index (χ1n) is 3.86. The van der Waals surface area contributed by atoms with Crippen molar-refractivity contribution in [1.29, 1.82) is 0 Å². The number of nitrogens with zero attached hydrogens (tertiary/aromatic N) is 2. The molecule has 2 N–H and O–H groups in total. The Hall–Kier alpha value is -1.12. The number of aromatic nitrogens is 2. The van der Waals surface area contributed by atoms with Crippen LogP contribution in [0.15, 0.2) is 6.20 Å². The topological polar surface area (TPSA) is 51.8 Å². The lowest BCUT2D eigenvalue weighted by atomic mass is 10.3. The molecule has 2 rings (SSSR count).